The molecule has 0 spiro atoms. The van der Waals surface area contributed by atoms with Crippen LogP contribution in [-0.4, -0.2) is 61.3 Å². The molecule has 2 heterocycles. The van der Waals surface area contributed by atoms with Crippen LogP contribution in [0.3, 0.4) is 0 Å². The molecule has 8 heteroatoms. The third-order valence-corrected chi connectivity index (χ3v) is 6.76. The van der Waals surface area contributed by atoms with E-state index in [1.165, 1.54) is 0 Å². The highest BCUT2D eigenvalue weighted by molar-refractivity contribution is 14.0. The first-order chi connectivity index (χ1) is 11.6. The van der Waals surface area contributed by atoms with Crippen LogP contribution in [0.25, 0.3) is 0 Å². The number of thiazole rings is 1. The number of anilines is 1. The third kappa shape index (κ3) is 3.90. The summed E-state index contributed by atoms with van der Waals surface area (Å²) in [6.07, 6.45) is 5.33. The predicted octanol–water partition coefficient (Wildman–Crippen LogP) is 2.79. The fourth-order valence-corrected chi connectivity index (χ4v) is 4.85. The van der Waals surface area contributed by atoms with Gasteiger partial charge in [-0.1, -0.05) is 13.8 Å². The molecule has 25 heavy (non-hydrogen) atoms. The van der Waals surface area contributed by atoms with E-state index in [0.717, 1.165) is 50.6 Å². The van der Waals surface area contributed by atoms with Crippen LogP contribution in [0.1, 0.15) is 33.1 Å². The second kappa shape index (κ2) is 8.85. The maximum Gasteiger partial charge on any atom is 0.191 e. The topological polar surface area (TPSA) is 67.0 Å². The number of halogens is 1. The lowest BCUT2D eigenvalue weighted by Crippen LogP contribution is -2.58. The average Bonchev–Trinajstić information content (AvgIpc) is 3.14. The van der Waals surface area contributed by atoms with Crippen LogP contribution in [0, 0.1) is 5.41 Å². The second-order valence-corrected chi connectivity index (χ2v) is 7.57. The monoisotopic (exact) mass is 479 g/mol. The van der Waals surface area contributed by atoms with Crippen molar-refractivity contribution in [2.75, 3.05) is 38.2 Å². The van der Waals surface area contributed by atoms with E-state index < -0.39 is 0 Å². The zero-order valence-electron chi connectivity index (χ0n) is 15.4. The molecule has 1 saturated carbocycles. The third-order valence-electron chi connectivity index (χ3n) is 5.92. The molecule has 6 nitrogen and oxygen atoms in total. The van der Waals surface area contributed by atoms with E-state index in [4.69, 9.17) is 15.5 Å². The summed E-state index contributed by atoms with van der Waals surface area (Å²) in [4.78, 5) is 13.8. The summed E-state index contributed by atoms with van der Waals surface area (Å²) < 4.78 is 5.66. The Hall–Kier alpha value is -0.610. The molecule has 2 unspecified atom stereocenters. The number of methoxy groups -OCH3 is 1. The van der Waals surface area contributed by atoms with Gasteiger partial charge < -0.3 is 20.3 Å². The normalized spacial score (nSPS) is 26.1. The quantitative estimate of drug-likeness (QED) is 0.400. The van der Waals surface area contributed by atoms with E-state index in [9.17, 15) is 0 Å². The van der Waals surface area contributed by atoms with Crippen LogP contribution in [0.4, 0.5) is 5.13 Å². The summed E-state index contributed by atoms with van der Waals surface area (Å²) in [5.74, 6) is 0.694. The van der Waals surface area contributed by atoms with Crippen molar-refractivity contribution in [3.63, 3.8) is 0 Å². The summed E-state index contributed by atoms with van der Waals surface area (Å²) in [5.41, 5.74) is 6.50. The minimum absolute atomic E-state index is 0. The van der Waals surface area contributed by atoms with Gasteiger partial charge in [0.15, 0.2) is 11.1 Å². The number of aliphatic imine (C=N–C) groups is 1. The largest absolute Gasteiger partial charge is 0.381 e. The van der Waals surface area contributed by atoms with Gasteiger partial charge in [-0.3, -0.25) is 0 Å². The van der Waals surface area contributed by atoms with Crippen LogP contribution >= 0.6 is 35.3 Å². The maximum atomic E-state index is 6.34. The van der Waals surface area contributed by atoms with Gasteiger partial charge in [-0.05, 0) is 19.3 Å². The van der Waals surface area contributed by atoms with Crippen LogP contribution in [0.15, 0.2) is 16.6 Å². The molecule has 0 amide bonds. The van der Waals surface area contributed by atoms with Crippen molar-refractivity contribution in [1.29, 1.82) is 0 Å². The predicted molar refractivity (Wildman–Crippen MR) is 115 cm³/mol. The minimum atomic E-state index is 0. The summed E-state index contributed by atoms with van der Waals surface area (Å²) in [5, 5.41) is 3.12. The SMILES string of the molecule is CCC1(CC)C(N=C(N)N2CCN(c3nccs3)CC2)CC1OC.I. The van der Waals surface area contributed by atoms with Gasteiger partial charge in [-0.2, -0.15) is 0 Å². The van der Waals surface area contributed by atoms with Gasteiger partial charge in [0.2, 0.25) is 0 Å². The number of nitrogens with two attached hydrogens (primary N) is 1. The van der Waals surface area contributed by atoms with E-state index in [0.29, 0.717) is 12.1 Å². The Morgan fingerprint density at radius 2 is 2.04 bits per heavy atom. The summed E-state index contributed by atoms with van der Waals surface area (Å²) >= 11 is 1.69. The highest BCUT2D eigenvalue weighted by Crippen LogP contribution is 2.50. The van der Waals surface area contributed by atoms with Crippen molar-refractivity contribution in [2.45, 2.75) is 45.3 Å². The van der Waals surface area contributed by atoms with Crippen molar-refractivity contribution in [3.8, 4) is 0 Å². The Balaban J connectivity index is 0.00000225. The van der Waals surface area contributed by atoms with Crippen molar-refractivity contribution < 1.29 is 4.74 Å². The standard InChI is InChI=1S/C17H29N5OS.HI/c1-4-17(5-2)13(12-14(17)23-3)20-15(18)21-7-9-22(10-8-21)16-19-6-11-24-16;/h6,11,13-14H,4-5,7-10,12H2,1-3H3,(H2,18,20);1H. The van der Waals surface area contributed by atoms with E-state index in [-0.39, 0.29) is 35.4 Å². The minimum Gasteiger partial charge on any atom is -0.381 e. The van der Waals surface area contributed by atoms with E-state index in [1.54, 1.807) is 11.3 Å². The molecule has 2 N–H and O–H groups in total. The molecule has 142 valence electrons. The molecule has 2 fully saturated rings. The zero-order valence-corrected chi connectivity index (χ0v) is 18.5. The zero-order chi connectivity index (χ0) is 17.2. The Morgan fingerprint density at radius 1 is 1.36 bits per heavy atom. The molecule has 3 rings (SSSR count). The highest BCUT2D eigenvalue weighted by Gasteiger charge is 2.53. The van der Waals surface area contributed by atoms with Gasteiger partial charge in [-0.25, -0.2) is 9.98 Å². The fraction of sp³-hybridized carbons (Fsp3) is 0.765. The summed E-state index contributed by atoms with van der Waals surface area (Å²) in [6.45, 7) is 8.17. The van der Waals surface area contributed by atoms with Crippen molar-refractivity contribution >= 4 is 46.4 Å². The van der Waals surface area contributed by atoms with E-state index in [2.05, 4.69) is 28.6 Å². The van der Waals surface area contributed by atoms with Gasteiger partial charge in [-0.15, -0.1) is 35.3 Å². The first kappa shape index (κ1) is 20.7. The Labute approximate surface area is 171 Å². The number of hydrogen-bond acceptors (Lipinski definition) is 5. The van der Waals surface area contributed by atoms with Crippen LogP contribution in [0.2, 0.25) is 0 Å². The summed E-state index contributed by atoms with van der Waals surface area (Å²) in [6, 6.07) is 0.287. The molecule has 1 aliphatic heterocycles. The smallest absolute Gasteiger partial charge is 0.191 e. The molecule has 0 aromatic carbocycles. The number of nitrogens with zero attached hydrogens (tertiary/aromatic N) is 4. The van der Waals surface area contributed by atoms with Crippen LogP contribution < -0.4 is 10.6 Å². The number of rotatable bonds is 5. The molecule has 2 aliphatic rings. The molecule has 1 aliphatic carbocycles. The number of ether oxygens (including phenoxy) is 1. The molecular weight excluding hydrogens is 449 g/mol. The van der Waals surface area contributed by atoms with Gasteiger partial charge in [0.25, 0.3) is 0 Å². The molecule has 1 aromatic rings. The lowest BCUT2D eigenvalue weighted by molar-refractivity contribution is -0.112. The van der Waals surface area contributed by atoms with Crippen molar-refractivity contribution in [2.24, 2.45) is 16.1 Å². The second-order valence-electron chi connectivity index (χ2n) is 6.69. The van der Waals surface area contributed by atoms with E-state index in [1.807, 2.05) is 18.7 Å². The van der Waals surface area contributed by atoms with Crippen molar-refractivity contribution in [3.05, 3.63) is 11.6 Å². The van der Waals surface area contributed by atoms with Crippen molar-refractivity contribution in [1.82, 2.24) is 9.88 Å². The first-order valence-electron chi connectivity index (χ1n) is 8.90. The first-order valence-corrected chi connectivity index (χ1v) is 9.78. The molecule has 2 atom stereocenters. The van der Waals surface area contributed by atoms with Crippen LogP contribution in [0.5, 0.6) is 0 Å². The number of aromatic nitrogens is 1. The Morgan fingerprint density at radius 3 is 2.56 bits per heavy atom. The lowest BCUT2D eigenvalue weighted by atomic mass is 9.59. The molecule has 1 aromatic heterocycles. The van der Waals surface area contributed by atoms with Crippen LogP contribution in [-0.2, 0) is 4.74 Å². The van der Waals surface area contributed by atoms with Gasteiger partial charge in [0.05, 0.1) is 12.1 Å². The molecule has 1 saturated heterocycles. The summed E-state index contributed by atoms with van der Waals surface area (Å²) in [7, 11) is 1.81. The molecule has 0 radical (unpaired) electrons. The molecule has 0 bridgehead atoms. The van der Waals surface area contributed by atoms with Gasteiger partial charge in [0.1, 0.15) is 0 Å². The highest BCUT2D eigenvalue weighted by atomic mass is 127. The maximum absolute atomic E-state index is 6.34. The Kier molecular flexibility index (Phi) is 7.33. The Bertz CT molecular complexity index is 555. The lowest BCUT2D eigenvalue weighted by Gasteiger charge is -2.53. The fourth-order valence-electron chi connectivity index (χ4n) is 4.16. The van der Waals surface area contributed by atoms with Gasteiger partial charge >= 0.3 is 0 Å². The number of hydrogen-bond donors (Lipinski definition) is 1. The number of guanidine groups is 1. The van der Waals surface area contributed by atoms with Gasteiger partial charge in [0, 0.05) is 50.3 Å². The van der Waals surface area contributed by atoms with E-state index >= 15 is 0 Å². The average molecular weight is 479 g/mol. The number of piperazine rings is 1. The molecular formula is C17H30IN5OS.